The summed E-state index contributed by atoms with van der Waals surface area (Å²) in [6, 6.07) is 5.53. The maximum absolute atomic E-state index is 12.0. The number of ether oxygens (including phenoxy) is 2. The quantitative estimate of drug-likeness (QED) is 0.780. The summed E-state index contributed by atoms with van der Waals surface area (Å²) in [5.41, 5.74) is -3.21. The van der Waals surface area contributed by atoms with Gasteiger partial charge in [-0.1, -0.05) is 6.07 Å². The van der Waals surface area contributed by atoms with Gasteiger partial charge in [0.05, 0.1) is 13.7 Å². The normalized spacial score (nSPS) is 13.1. The number of alkyl halides is 3. The van der Waals surface area contributed by atoms with Crippen LogP contribution in [0.25, 0.3) is 0 Å². The van der Waals surface area contributed by atoms with Crippen molar-refractivity contribution < 1.29 is 22.6 Å². The second kappa shape index (κ2) is 7.64. The van der Waals surface area contributed by atoms with Crippen LogP contribution in [-0.4, -0.2) is 32.0 Å². The summed E-state index contributed by atoms with van der Waals surface area (Å²) in [7, 11) is 3.34. The minimum absolute atomic E-state index is 0.0263. The first-order valence-electron chi connectivity index (χ1n) is 6.06. The molecule has 3 nitrogen and oxygen atoms in total. The third-order valence-corrected chi connectivity index (χ3v) is 3.43. The summed E-state index contributed by atoms with van der Waals surface area (Å²) >= 11 is -0.0979. The molecule has 0 aliphatic carbocycles. The number of hydrogen-bond donors (Lipinski definition) is 1. The number of halogens is 3. The maximum Gasteiger partial charge on any atom is 0.441 e. The number of nitrogens with one attached hydrogen (secondary N) is 1. The molecule has 0 radical (unpaired) electrons. The molecule has 0 saturated heterocycles. The summed E-state index contributed by atoms with van der Waals surface area (Å²) < 4.78 is 46.5. The van der Waals surface area contributed by atoms with E-state index in [1.165, 1.54) is 7.11 Å². The Kier molecular flexibility index (Phi) is 6.48. The van der Waals surface area contributed by atoms with Crippen LogP contribution in [0.4, 0.5) is 13.2 Å². The van der Waals surface area contributed by atoms with Crippen molar-refractivity contribution in [2.75, 3.05) is 26.5 Å². The molecule has 0 heterocycles. The molecule has 7 heteroatoms. The zero-order valence-corrected chi connectivity index (χ0v) is 12.4. The Morgan fingerprint density at radius 1 is 1.30 bits per heavy atom. The van der Waals surface area contributed by atoms with Crippen LogP contribution < -0.4 is 14.8 Å². The Balaban J connectivity index is 2.62. The summed E-state index contributed by atoms with van der Waals surface area (Å²) in [6.45, 7) is 1.97. The van der Waals surface area contributed by atoms with Crippen molar-refractivity contribution in [3.63, 3.8) is 0 Å². The molecule has 0 fully saturated rings. The van der Waals surface area contributed by atoms with Crippen LogP contribution in [0.1, 0.15) is 18.5 Å². The lowest BCUT2D eigenvalue weighted by atomic mass is 10.1. The molecule has 20 heavy (non-hydrogen) atoms. The van der Waals surface area contributed by atoms with Crippen LogP contribution in [0.3, 0.4) is 0 Å². The maximum atomic E-state index is 12.0. The van der Waals surface area contributed by atoms with E-state index in [4.69, 9.17) is 9.47 Å². The minimum Gasteiger partial charge on any atom is -0.493 e. The van der Waals surface area contributed by atoms with Gasteiger partial charge in [-0.2, -0.15) is 13.2 Å². The molecular weight excluding hydrogens is 291 g/mol. The van der Waals surface area contributed by atoms with Crippen molar-refractivity contribution in [3.8, 4) is 11.5 Å². The summed E-state index contributed by atoms with van der Waals surface area (Å²) in [5.74, 6) is 0.811. The summed E-state index contributed by atoms with van der Waals surface area (Å²) in [6.07, 6.45) is 0. The van der Waals surface area contributed by atoms with Crippen molar-refractivity contribution in [2.45, 2.75) is 18.5 Å². The average Bonchev–Trinajstić information content (AvgIpc) is 2.41. The molecule has 1 unspecified atom stereocenters. The third kappa shape index (κ3) is 5.50. The monoisotopic (exact) mass is 309 g/mol. The van der Waals surface area contributed by atoms with Crippen LogP contribution in [0, 0.1) is 0 Å². The van der Waals surface area contributed by atoms with Crippen molar-refractivity contribution in [3.05, 3.63) is 23.8 Å². The lowest BCUT2D eigenvalue weighted by Crippen LogP contribution is -2.12. The fraction of sp³-hybridized carbons (Fsp3) is 0.538. The Hall–Kier alpha value is -1.08. The number of rotatable bonds is 7. The molecule has 0 aliphatic heterocycles. The van der Waals surface area contributed by atoms with Gasteiger partial charge in [-0.25, -0.2) is 0 Å². The summed E-state index contributed by atoms with van der Waals surface area (Å²) in [5, 5.41) is 3.10. The van der Waals surface area contributed by atoms with Gasteiger partial charge in [-0.15, -0.1) is 0 Å². The van der Waals surface area contributed by atoms with E-state index in [9.17, 15) is 13.2 Å². The van der Waals surface area contributed by atoms with Gasteiger partial charge in [0.2, 0.25) is 0 Å². The Labute approximate surface area is 120 Å². The van der Waals surface area contributed by atoms with E-state index < -0.39 is 5.51 Å². The lowest BCUT2D eigenvalue weighted by molar-refractivity contribution is -0.0329. The number of hydrogen-bond acceptors (Lipinski definition) is 4. The Bertz CT molecular complexity index is 427. The summed E-state index contributed by atoms with van der Waals surface area (Å²) in [4.78, 5) is 0. The largest absolute Gasteiger partial charge is 0.493 e. The van der Waals surface area contributed by atoms with Gasteiger partial charge >= 0.3 is 5.51 Å². The standard InChI is InChI=1S/C13H18F3NO2S/c1-9(17-2)10-4-5-11(12(8-10)18-3)19-6-7-20-13(14,15)16/h4-5,8-9,17H,6-7H2,1-3H3. The molecule has 0 spiro atoms. The number of methoxy groups -OCH3 is 1. The van der Waals surface area contributed by atoms with E-state index >= 15 is 0 Å². The van der Waals surface area contributed by atoms with Gasteiger partial charge in [-0.3, -0.25) is 0 Å². The van der Waals surface area contributed by atoms with E-state index in [1.807, 2.05) is 26.1 Å². The molecule has 1 aromatic carbocycles. The molecule has 0 amide bonds. The molecule has 0 bridgehead atoms. The fourth-order valence-electron chi connectivity index (χ4n) is 1.55. The Morgan fingerprint density at radius 3 is 2.55 bits per heavy atom. The highest BCUT2D eigenvalue weighted by molar-refractivity contribution is 8.00. The predicted octanol–water partition coefficient (Wildman–Crippen LogP) is 3.61. The molecule has 1 N–H and O–H groups in total. The Morgan fingerprint density at radius 2 is 2.00 bits per heavy atom. The highest BCUT2D eigenvalue weighted by atomic mass is 32.2. The zero-order chi connectivity index (χ0) is 15.2. The van der Waals surface area contributed by atoms with Crippen LogP contribution >= 0.6 is 11.8 Å². The van der Waals surface area contributed by atoms with Crippen LogP contribution in [0.15, 0.2) is 18.2 Å². The van der Waals surface area contributed by atoms with Crippen LogP contribution in [0.5, 0.6) is 11.5 Å². The molecule has 1 atom stereocenters. The molecule has 0 aromatic heterocycles. The number of thioether (sulfide) groups is 1. The first kappa shape index (κ1) is 17.0. The molecule has 1 rings (SSSR count). The van der Waals surface area contributed by atoms with Crippen molar-refractivity contribution >= 4 is 11.8 Å². The van der Waals surface area contributed by atoms with Crippen molar-refractivity contribution in [1.82, 2.24) is 5.32 Å². The van der Waals surface area contributed by atoms with Crippen LogP contribution in [0.2, 0.25) is 0 Å². The van der Waals surface area contributed by atoms with E-state index in [-0.39, 0.29) is 30.2 Å². The van der Waals surface area contributed by atoms with Gasteiger partial charge in [-0.05, 0) is 43.4 Å². The van der Waals surface area contributed by atoms with Gasteiger partial charge in [0.1, 0.15) is 0 Å². The van der Waals surface area contributed by atoms with E-state index in [0.29, 0.717) is 11.5 Å². The number of benzene rings is 1. The van der Waals surface area contributed by atoms with Crippen molar-refractivity contribution in [1.29, 1.82) is 0 Å². The SMILES string of the molecule is CNC(C)c1ccc(OCCSC(F)(F)F)c(OC)c1. The molecule has 1 aromatic rings. The van der Waals surface area contributed by atoms with Crippen LogP contribution in [-0.2, 0) is 0 Å². The first-order valence-corrected chi connectivity index (χ1v) is 7.04. The molecule has 114 valence electrons. The van der Waals surface area contributed by atoms with Gasteiger partial charge in [0.25, 0.3) is 0 Å². The second-order valence-corrected chi connectivity index (χ2v) is 5.22. The van der Waals surface area contributed by atoms with Gasteiger partial charge in [0.15, 0.2) is 11.5 Å². The second-order valence-electron chi connectivity index (χ2n) is 4.06. The van der Waals surface area contributed by atoms with Gasteiger partial charge in [0, 0.05) is 11.8 Å². The molecule has 0 aliphatic rings. The molecule has 0 saturated carbocycles. The highest BCUT2D eigenvalue weighted by Gasteiger charge is 2.27. The van der Waals surface area contributed by atoms with E-state index in [0.717, 1.165) is 5.56 Å². The van der Waals surface area contributed by atoms with Crippen molar-refractivity contribution in [2.24, 2.45) is 0 Å². The highest BCUT2D eigenvalue weighted by Crippen LogP contribution is 2.32. The average molecular weight is 309 g/mol. The minimum atomic E-state index is -4.22. The topological polar surface area (TPSA) is 30.5 Å². The fourth-order valence-corrected chi connectivity index (χ4v) is 1.95. The smallest absolute Gasteiger partial charge is 0.441 e. The molecular formula is C13H18F3NO2S. The van der Waals surface area contributed by atoms with Gasteiger partial charge < -0.3 is 14.8 Å². The predicted molar refractivity (Wildman–Crippen MR) is 74.5 cm³/mol. The van der Waals surface area contributed by atoms with E-state index in [2.05, 4.69) is 5.32 Å². The zero-order valence-electron chi connectivity index (χ0n) is 11.6. The van der Waals surface area contributed by atoms with E-state index in [1.54, 1.807) is 6.07 Å². The lowest BCUT2D eigenvalue weighted by Gasteiger charge is -2.15. The third-order valence-electron chi connectivity index (χ3n) is 2.73. The first-order chi connectivity index (χ1) is 9.37.